The largest absolute Gasteiger partial charge is 0.449 e. The first-order valence-corrected chi connectivity index (χ1v) is 9.63. The summed E-state index contributed by atoms with van der Waals surface area (Å²) in [6.07, 6.45) is -0.101. The lowest BCUT2D eigenvalue weighted by Crippen LogP contribution is -2.46. The van der Waals surface area contributed by atoms with Gasteiger partial charge in [-0.05, 0) is 38.5 Å². The minimum absolute atomic E-state index is 0.118. The molecule has 0 bridgehead atoms. The first-order valence-electron chi connectivity index (χ1n) is 7.57. The summed E-state index contributed by atoms with van der Waals surface area (Å²) in [7, 11) is -3.24. The van der Waals surface area contributed by atoms with Gasteiger partial charge in [-0.1, -0.05) is 12.1 Å². The summed E-state index contributed by atoms with van der Waals surface area (Å²) in [6, 6.07) is 5.10. The van der Waals surface area contributed by atoms with Gasteiger partial charge in [-0.3, -0.25) is 10.1 Å². The Kier molecular flexibility index (Phi) is 7.10. The minimum Gasteiger partial charge on any atom is -0.449 e. The Morgan fingerprint density at radius 1 is 1.16 bits per heavy atom. The van der Waals surface area contributed by atoms with Crippen LogP contribution in [0.5, 0.6) is 0 Å². The predicted octanol–water partition coefficient (Wildman–Crippen LogP) is 1.01. The molecule has 1 aromatic rings. The number of hydrogen-bond donors (Lipinski definition) is 2. The van der Waals surface area contributed by atoms with E-state index in [1.807, 2.05) is 0 Å². The van der Waals surface area contributed by atoms with Gasteiger partial charge in [0, 0.05) is 12.3 Å². The van der Waals surface area contributed by atoms with E-state index in [1.165, 1.54) is 25.1 Å². The average molecular weight is 370 g/mol. The molecule has 2 N–H and O–H groups in total. The number of benzene rings is 1. The Labute approximate surface area is 146 Å². The number of imide groups is 1. The molecular weight excluding hydrogens is 348 g/mol. The first-order chi connectivity index (χ1) is 11.5. The fourth-order valence-electron chi connectivity index (χ4n) is 1.88. The Hall–Kier alpha value is -2.42. The van der Waals surface area contributed by atoms with Gasteiger partial charge in [0.1, 0.15) is 0 Å². The number of nitrogens with one attached hydrogen (secondary N) is 2. The molecule has 1 rings (SSSR count). The quantitative estimate of drug-likeness (QED) is 0.722. The van der Waals surface area contributed by atoms with Gasteiger partial charge in [0.2, 0.25) is 0 Å². The zero-order chi connectivity index (χ0) is 19.2. The Morgan fingerprint density at radius 3 is 2.36 bits per heavy atom. The molecule has 138 valence electrons. The van der Waals surface area contributed by atoms with Crippen LogP contribution in [0.2, 0.25) is 0 Å². The lowest BCUT2D eigenvalue weighted by atomic mass is 10.1. The van der Waals surface area contributed by atoms with Crippen molar-refractivity contribution in [1.29, 1.82) is 0 Å². The maximum Gasteiger partial charge on any atom is 0.338 e. The second kappa shape index (κ2) is 8.61. The highest BCUT2D eigenvalue weighted by atomic mass is 32.2. The molecule has 0 unspecified atom stereocenters. The number of urea groups is 1. The van der Waals surface area contributed by atoms with Crippen LogP contribution < -0.4 is 10.6 Å². The van der Waals surface area contributed by atoms with E-state index in [9.17, 15) is 22.8 Å². The van der Waals surface area contributed by atoms with Crippen molar-refractivity contribution in [2.75, 3.05) is 6.26 Å². The van der Waals surface area contributed by atoms with Gasteiger partial charge in [-0.15, -0.1) is 0 Å². The summed E-state index contributed by atoms with van der Waals surface area (Å²) in [6.45, 7) is 4.80. The first kappa shape index (κ1) is 20.6. The number of esters is 1. The van der Waals surface area contributed by atoms with Crippen molar-refractivity contribution in [3.63, 3.8) is 0 Å². The molecule has 0 spiro atoms. The molecule has 9 heteroatoms. The SMILES string of the molecule is CC(C)NC(=O)NC(=O)[C@@H](C)OC(=O)c1cccc(CS(C)(=O)=O)c1. The number of ether oxygens (including phenoxy) is 1. The van der Waals surface area contributed by atoms with E-state index in [0.717, 1.165) is 6.26 Å². The average Bonchev–Trinajstić information content (AvgIpc) is 2.44. The van der Waals surface area contributed by atoms with Crippen LogP contribution in [0.4, 0.5) is 4.79 Å². The van der Waals surface area contributed by atoms with Crippen molar-refractivity contribution in [3.8, 4) is 0 Å². The fourth-order valence-corrected chi connectivity index (χ4v) is 2.67. The molecule has 0 aliphatic heterocycles. The molecule has 25 heavy (non-hydrogen) atoms. The fraction of sp³-hybridized carbons (Fsp3) is 0.438. The molecule has 0 aliphatic carbocycles. The predicted molar refractivity (Wildman–Crippen MR) is 91.7 cm³/mol. The molecule has 0 aromatic heterocycles. The smallest absolute Gasteiger partial charge is 0.338 e. The highest BCUT2D eigenvalue weighted by Crippen LogP contribution is 2.11. The summed E-state index contributed by atoms with van der Waals surface area (Å²) >= 11 is 0. The molecule has 0 heterocycles. The zero-order valence-corrected chi connectivity index (χ0v) is 15.3. The van der Waals surface area contributed by atoms with Crippen molar-refractivity contribution in [2.24, 2.45) is 0 Å². The van der Waals surface area contributed by atoms with E-state index < -0.39 is 33.8 Å². The van der Waals surface area contributed by atoms with Crippen LogP contribution in [0.1, 0.15) is 36.7 Å². The van der Waals surface area contributed by atoms with Gasteiger partial charge in [0.05, 0.1) is 11.3 Å². The maximum absolute atomic E-state index is 12.1. The summed E-state index contributed by atoms with van der Waals surface area (Å²) in [4.78, 5) is 35.4. The van der Waals surface area contributed by atoms with Gasteiger partial charge < -0.3 is 10.1 Å². The van der Waals surface area contributed by atoms with Gasteiger partial charge in [0.25, 0.3) is 5.91 Å². The Balaban J connectivity index is 2.70. The van der Waals surface area contributed by atoms with E-state index in [-0.39, 0.29) is 17.4 Å². The maximum atomic E-state index is 12.1. The molecule has 8 nitrogen and oxygen atoms in total. The van der Waals surface area contributed by atoms with Crippen LogP contribution in [-0.2, 0) is 25.1 Å². The molecule has 1 atom stereocenters. The highest BCUT2D eigenvalue weighted by molar-refractivity contribution is 7.89. The monoisotopic (exact) mass is 370 g/mol. The van der Waals surface area contributed by atoms with E-state index in [0.29, 0.717) is 5.56 Å². The zero-order valence-electron chi connectivity index (χ0n) is 14.5. The Morgan fingerprint density at radius 2 is 1.80 bits per heavy atom. The van der Waals surface area contributed by atoms with Gasteiger partial charge in [-0.2, -0.15) is 0 Å². The lowest BCUT2D eigenvalue weighted by Gasteiger charge is -2.14. The molecule has 0 aliphatic rings. The summed E-state index contributed by atoms with van der Waals surface area (Å²) in [5.41, 5.74) is 0.554. The van der Waals surface area contributed by atoms with Crippen LogP contribution in [-0.4, -0.2) is 44.7 Å². The number of carbonyl (C=O) groups excluding carboxylic acids is 3. The van der Waals surface area contributed by atoms with Crippen LogP contribution in [0.15, 0.2) is 24.3 Å². The molecule has 0 saturated heterocycles. The Bertz CT molecular complexity index is 758. The third-order valence-corrected chi connectivity index (χ3v) is 3.76. The van der Waals surface area contributed by atoms with Crippen molar-refractivity contribution in [1.82, 2.24) is 10.6 Å². The molecule has 0 fully saturated rings. The summed E-state index contributed by atoms with van der Waals surface area (Å²) in [5, 5.41) is 4.54. The van der Waals surface area contributed by atoms with Gasteiger partial charge in [-0.25, -0.2) is 18.0 Å². The molecule has 1 aromatic carbocycles. The second-order valence-electron chi connectivity index (χ2n) is 5.94. The van der Waals surface area contributed by atoms with Crippen LogP contribution in [0.25, 0.3) is 0 Å². The second-order valence-corrected chi connectivity index (χ2v) is 8.08. The topological polar surface area (TPSA) is 119 Å². The highest BCUT2D eigenvalue weighted by Gasteiger charge is 2.21. The van der Waals surface area contributed by atoms with Gasteiger partial charge in [0.15, 0.2) is 15.9 Å². The number of sulfone groups is 1. The van der Waals surface area contributed by atoms with Crippen molar-refractivity contribution >= 4 is 27.7 Å². The van der Waals surface area contributed by atoms with E-state index in [2.05, 4.69) is 10.6 Å². The normalized spacial score (nSPS) is 12.4. The number of carbonyl (C=O) groups is 3. The van der Waals surface area contributed by atoms with E-state index >= 15 is 0 Å². The van der Waals surface area contributed by atoms with Crippen LogP contribution in [0.3, 0.4) is 0 Å². The molecular formula is C16H22N2O6S. The minimum atomic E-state index is -3.24. The van der Waals surface area contributed by atoms with Crippen LogP contribution >= 0.6 is 0 Å². The van der Waals surface area contributed by atoms with E-state index in [4.69, 9.17) is 4.74 Å². The van der Waals surface area contributed by atoms with Crippen molar-refractivity contribution < 1.29 is 27.5 Å². The summed E-state index contributed by atoms with van der Waals surface area (Å²) in [5.74, 6) is -1.76. The third kappa shape index (κ3) is 7.79. The number of hydrogen-bond acceptors (Lipinski definition) is 6. The summed E-state index contributed by atoms with van der Waals surface area (Å²) < 4.78 is 27.7. The molecule has 3 amide bonds. The lowest BCUT2D eigenvalue weighted by molar-refractivity contribution is -0.127. The van der Waals surface area contributed by atoms with E-state index in [1.54, 1.807) is 19.9 Å². The number of rotatable bonds is 6. The van der Waals surface area contributed by atoms with Crippen LogP contribution in [0, 0.1) is 0 Å². The van der Waals surface area contributed by atoms with Crippen molar-refractivity contribution in [2.45, 2.75) is 38.7 Å². The van der Waals surface area contributed by atoms with Gasteiger partial charge >= 0.3 is 12.0 Å². The molecule has 0 saturated carbocycles. The standard InChI is InChI=1S/C16H22N2O6S/c1-10(2)17-16(21)18-14(19)11(3)24-15(20)13-7-5-6-12(8-13)9-25(4,22)23/h5-8,10-11H,9H2,1-4H3,(H2,17,18,19,21)/t11-/m1/s1. The number of amides is 3. The van der Waals surface area contributed by atoms with Crippen molar-refractivity contribution in [3.05, 3.63) is 35.4 Å². The molecule has 0 radical (unpaired) electrons. The third-order valence-electron chi connectivity index (χ3n) is 2.90.